The number of esters is 4. The number of ether oxygens (including phenoxy) is 5. The van der Waals surface area contributed by atoms with Crippen molar-refractivity contribution in [2.75, 3.05) is 7.11 Å². The fourth-order valence-corrected chi connectivity index (χ4v) is 3.15. The van der Waals surface area contributed by atoms with Crippen LogP contribution < -0.4 is 29.1 Å². The zero-order chi connectivity index (χ0) is 25.9. The third-order valence-electron chi connectivity index (χ3n) is 4.34. The first-order chi connectivity index (χ1) is 16.5. The maximum Gasteiger partial charge on any atom is 0.308 e. The lowest BCUT2D eigenvalue weighted by molar-refractivity contribution is -0.134. The maximum atomic E-state index is 13.4. The highest BCUT2D eigenvalue weighted by Crippen LogP contribution is 2.39. The van der Waals surface area contributed by atoms with Crippen molar-refractivity contribution in [3.8, 4) is 40.1 Å². The van der Waals surface area contributed by atoms with Gasteiger partial charge in [0.2, 0.25) is 11.2 Å². The molecule has 2 aromatic carbocycles. The molecule has 0 saturated heterocycles. The minimum absolute atomic E-state index is 0.0467. The van der Waals surface area contributed by atoms with Gasteiger partial charge in [-0.2, -0.15) is 0 Å². The van der Waals surface area contributed by atoms with Crippen LogP contribution in [0.2, 0.25) is 0 Å². The summed E-state index contributed by atoms with van der Waals surface area (Å²) in [4.78, 5) is 59.8. The van der Waals surface area contributed by atoms with E-state index in [2.05, 4.69) is 0 Å². The Morgan fingerprint density at radius 2 is 1.29 bits per heavy atom. The summed E-state index contributed by atoms with van der Waals surface area (Å²) >= 11 is 0. The van der Waals surface area contributed by atoms with Crippen molar-refractivity contribution < 1.29 is 47.3 Å². The number of rotatable bonds is 6. The van der Waals surface area contributed by atoms with Crippen LogP contribution in [0.1, 0.15) is 27.7 Å². The van der Waals surface area contributed by atoms with Crippen LogP contribution in [-0.4, -0.2) is 31.0 Å². The van der Waals surface area contributed by atoms with Crippen LogP contribution in [0.15, 0.2) is 39.5 Å². The SMILES string of the molecule is COc1cc(OC(C)=O)c2c(=O)c(OC(C)=O)c(-c3ccc(OC(C)=O)c(OC(C)=O)c3)oc2c1. The van der Waals surface area contributed by atoms with E-state index in [0.717, 1.165) is 20.8 Å². The van der Waals surface area contributed by atoms with Crippen LogP contribution in [0, 0.1) is 0 Å². The normalized spacial score (nSPS) is 10.4. The predicted octanol–water partition coefficient (Wildman–Crippen LogP) is 3.17. The van der Waals surface area contributed by atoms with Crippen molar-refractivity contribution in [3.05, 3.63) is 40.6 Å². The number of methoxy groups -OCH3 is 1. The van der Waals surface area contributed by atoms with E-state index < -0.39 is 35.1 Å². The summed E-state index contributed by atoms with van der Waals surface area (Å²) in [6, 6.07) is 6.67. The van der Waals surface area contributed by atoms with Crippen molar-refractivity contribution in [1.29, 1.82) is 0 Å². The topological polar surface area (TPSA) is 145 Å². The minimum atomic E-state index is -0.822. The van der Waals surface area contributed by atoms with Crippen molar-refractivity contribution in [1.82, 2.24) is 0 Å². The second-order valence-electron chi connectivity index (χ2n) is 7.12. The average molecular weight is 484 g/mol. The Hall–Kier alpha value is -4.67. The number of hydrogen-bond donors (Lipinski definition) is 0. The molecular weight excluding hydrogens is 464 g/mol. The molecule has 11 heteroatoms. The molecule has 0 atom stereocenters. The van der Waals surface area contributed by atoms with E-state index in [1.165, 1.54) is 44.4 Å². The first-order valence-corrected chi connectivity index (χ1v) is 10.1. The zero-order valence-corrected chi connectivity index (χ0v) is 19.4. The number of hydrogen-bond acceptors (Lipinski definition) is 11. The van der Waals surface area contributed by atoms with Crippen molar-refractivity contribution in [2.45, 2.75) is 27.7 Å². The van der Waals surface area contributed by atoms with Gasteiger partial charge in [0.15, 0.2) is 17.3 Å². The summed E-state index contributed by atoms with van der Waals surface area (Å²) in [5.74, 6) is -3.75. The molecule has 0 spiro atoms. The fraction of sp³-hybridized carbons (Fsp3) is 0.208. The van der Waals surface area contributed by atoms with Gasteiger partial charge in [-0.05, 0) is 18.2 Å². The van der Waals surface area contributed by atoms with Gasteiger partial charge in [-0.1, -0.05) is 0 Å². The minimum Gasteiger partial charge on any atom is -0.496 e. The molecule has 1 aromatic heterocycles. The van der Waals surface area contributed by atoms with Crippen LogP contribution in [0.5, 0.6) is 28.7 Å². The molecule has 0 aliphatic carbocycles. The molecule has 0 aliphatic rings. The quantitative estimate of drug-likeness (QED) is 0.376. The molecule has 1 heterocycles. The molecule has 0 N–H and O–H groups in total. The van der Waals surface area contributed by atoms with Crippen molar-refractivity contribution in [2.24, 2.45) is 0 Å². The zero-order valence-electron chi connectivity index (χ0n) is 19.4. The van der Waals surface area contributed by atoms with Gasteiger partial charge in [0, 0.05) is 45.4 Å². The van der Waals surface area contributed by atoms with Gasteiger partial charge in [-0.3, -0.25) is 24.0 Å². The second kappa shape index (κ2) is 10.1. The number of fused-ring (bicyclic) bond motifs is 1. The third-order valence-corrected chi connectivity index (χ3v) is 4.34. The Morgan fingerprint density at radius 3 is 1.86 bits per heavy atom. The van der Waals surface area contributed by atoms with Crippen LogP contribution in [0.25, 0.3) is 22.3 Å². The summed E-state index contributed by atoms with van der Waals surface area (Å²) in [6.45, 7) is 4.55. The van der Waals surface area contributed by atoms with Crippen LogP contribution in [0.3, 0.4) is 0 Å². The highest BCUT2D eigenvalue weighted by atomic mass is 16.6. The van der Waals surface area contributed by atoms with E-state index >= 15 is 0 Å². The summed E-state index contributed by atoms with van der Waals surface area (Å²) in [7, 11) is 1.37. The predicted molar refractivity (Wildman–Crippen MR) is 120 cm³/mol. The molecule has 35 heavy (non-hydrogen) atoms. The van der Waals surface area contributed by atoms with Gasteiger partial charge in [0.25, 0.3) is 0 Å². The summed E-state index contributed by atoms with van der Waals surface area (Å²) in [6.07, 6.45) is 0. The lowest BCUT2D eigenvalue weighted by atomic mass is 10.1. The molecule has 0 amide bonds. The molecule has 11 nitrogen and oxygen atoms in total. The van der Waals surface area contributed by atoms with Crippen molar-refractivity contribution >= 4 is 34.8 Å². The molecule has 0 radical (unpaired) electrons. The Labute approximate surface area is 198 Å². The lowest BCUT2D eigenvalue weighted by Crippen LogP contribution is -2.15. The van der Waals surface area contributed by atoms with E-state index in [4.69, 9.17) is 28.1 Å². The van der Waals surface area contributed by atoms with E-state index in [0.29, 0.717) is 0 Å². The molecule has 182 valence electrons. The lowest BCUT2D eigenvalue weighted by Gasteiger charge is -2.14. The highest BCUT2D eigenvalue weighted by molar-refractivity contribution is 5.91. The maximum absolute atomic E-state index is 13.4. The molecule has 3 aromatic rings. The standard InChI is InChI=1S/C24H20O11/c1-11(25)31-17-7-6-15(8-18(17)32-12(2)26)23-24(34-14(4)28)22(29)21-19(33-13(3)27)9-16(30-5)10-20(21)35-23/h6-10H,1-5H3. The fourth-order valence-electron chi connectivity index (χ4n) is 3.15. The first-order valence-electron chi connectivity index (χ1n) is 10.1. The van der Waals surface area contributed by atoms with Gasteiger partial charge in [-0.15, -0.1) is 0 Å². The Bertz CT molecular complexity index is 1420. The van der Waals surface area contributed by atoms with E-state index in [1.807, 2.05) is 0 Å². The number of carbonyl (C=O) groups is 4. The van der Waals surface area contributed by atoms with Gasteiger partial charge in [0.05, 0.1) is 7.11 Å². The van der Waals surface area contributed by atoms with Crippen LogP contribution >= 0.6 is 0 Å². The summed E-state index contributed by atoms with van der Waals surface area (Å²) in [5, 5.41) is -0.169. The molecule has 3 rings (SSSR count). The Morgan fingerprint density at radius 1 is 0.714 bits per heavy atom. The highest BCUT2D eigenvalue weighted by Gasteiger charge is 2.24. The van der Waals surface area contributed by atoms with Gasteiger partial charge in [0.1, 0.15) is 22.5 Å². The first kappa shape index (κ1) is 25.0. The summed E-state index contributed by atoms with van der Waals surface area (Å²) < 4.78 is 31.6. The van der Waals surface area contributed by atoms with E-state index in [1.54, 1.807) is 0 Å². The Kier molecular flexibility index (Phi) is 7.19. The molecule has 0 fully saturated rings. The van der Waals surface area contributed by atoms with Gasteiger partial charge in [-0.25, -0.2) is 0 Å². The third kappa shape index (κ3) is 5.64. The Balaban J connectivity index is 2.36. The summed E-state index contributed by atoms with van der Waals surface area (Å²) in [5.41, 5.74) is -0.715. The smallest absolute Gasteiger partial charge is 0.308 e. The van der Waals surface area contributed by atoms with Crippen molar-refractivity contribution in [3.63, 3.8) is 0 Å². The van der Waals surface area contributed by atoms with E-state index in [9.17, 15) is 24.0 Å². The molecule has 0 bridgehead atoms. The average Bonchev–Trinajstić information content (AvgIpc) is 2.75. The van der Waals surface area contributed by atoms with Crippen LogP contribution in [-0.2, 0) is 19.2 Å². The number of benzene rings is 2. The van der Waals surface area contributed by atoms with Gasteiger partial charge >= 0.3 is 23.9 Å². The monoisotopic (exact) mass is 484 g/mol. The number of carbonyl (C=O) groups excluding carboxylic acids is 4. The molecule has 0 aliphatic heterocycles. The van der Waals surface area contributed by atoms with Gasteiger partial charge < -0.3 is 28.1 Å². The largest absolute Gasteiger partial charge is 0.496 e. The second-order valence-corrected chi connectivity index (χ2v) is 7.12. The molecular formula is C24H20O11. The van der Waals surface area contributed by atoms with E-state index in [-0.39, 0.29) is 45.3 Å². The van der Waals surface area contributed by atoms with Crippen LogP contribution in [0.4, 0.5) is 0 Å². The molecule has 0 unspecified atom stereocenters. The molecule has 0 saturated carbocycles.